The van der Waals surface area contributed by atoms with E-state index >= 15 is 0 Å². The van der Waals surface area contributed by atoms with Gasteiger partial charge in [0.1, 0.15) is 11.8 Å². The van der Waals surface area contributed by atoms with Gasteiger partial charge < -0.3 is 15.0 Å². The fourth-order valence-electron chi connectivity index (χ4n) is 3.53. The van der Waals surface area contributed by atoms with Gasteiger partial charge in [0, 0.05) is 18.5 Å². The molecule has 5 nitrogen and oxygen atoms in total. The SMILES string of the molecule is CC[C@H](C(=O)NC(C)(C)C)N(Cc1ccccc1C)C(=O)CCCOc1ccc(C)cc1. The molecule has 0 aromatic heterocycles. The second-order valence-electron chi connectivity index (χ2n) is 9.38. The third-order valence-electron chi connectivity index (χ3n) is 5.31. The Kier molecular flexibility index (Phi) is 9.30. The highest BCUT2D eigenvalue weighted by molar-refractivity contribution is 5.88. The van der Waals surface area contributed by atoms with Crippen molar-refractivity contribution >= 4 is 11.8 Å². The van der Waals surface area contributed by atoms with Gasteiger partial charge in [-0.05, 0) is 70.7 Å². The summed E-state index contributed by atoms with van der Waals surface area (Å²) in [5.74, 6) is 0.658. The largest absolute Gasteiger partial charge is 0.494 e. The number of carbonyl (C=O) groups excluding carboxylic acids is 2. The molecule has 1 atom stereocenters. The molecule has 5 heteroatoms. The number of hydrogen-bond acceptors (Lipinski definition) is 3. The minimum absolute atomic E-state index is 0.0309. The highest BCUT2D eigenvalue weighted by atomic mass is 16.5. The fourth-order valence-corrected chi connectivity index (χ4v) is 3.53. The van der Waals surface area contributed by atoms with Gasteiger partial charge in [-0.15, -0.1) is 0 Å². The van der Waals surface area contributed by atoms with E-state index in [9.17, 15) is 9.59 Å². The normalized spacial score (nSPS) is 12.2. The molecule has 0 saturated heterocycles. The molecule has 0 aliphatic rings. The van der Waals surface area contributed by atoms with Gasteiger partial charge in [0.2, 0.25) is 11.8 Å². The van der Waals surface area contributed by atoms with Gasteiger partial charge >= 0.3 is 0 Å². The van der Waals surface area contributed by atoms with E-state index in [1.165, 1.54) is 5.56 Å². The molecule has 0 aliphatic heterocycles. The van der Waals surface area contributed by atoms with Crippen molar-refractivity contribution in [3.05, 3.63) is 65.2 Å². The molecule has 2 rings (SSSR count). The summed E-state index contributed by atoms with van der Waals surface area (Å²) in [7, 11) is 0. The molecule has 0 spiro atoms. The fraction of sp³-hybridized carbons (Fsp3) is 0.481. The maximum Gasteiger partial charge on any atom is 0.243 e. The zero-order chi connectivity index (χ0) is 23.7. The predicted molar refractivity (Wildman–Crippen MR) is 130 cm³/mol. The van der Waals surface area contributed by atoms with Crippen molar-refractivity contribution in [2.45, 2.75) is 78.9 Å². The standard InChI is InChI=1S/C27H38N2O3/c1-7-24(26(31)28-27(4,5)6)29(19-22-12-9-8-11-21(22)3)25(30)13-10-18-32-23-16-14-20(2)15-17-23/h8-9,11-12,14-17,24H,7,10,13,18-19H2,1-6H3,(H,28,31)/t24-/m1/s1. The Morgan fingerprint density at radius 3 is 2.28 bits per heavy atom. The van der Waals surface area contributed by atoms with E-state index in [1.54, 1.807) is 4.90 Å². The summed E-state index contributed by atoms with van der Waals surface area (Å²) in [6, 6.07) is 15.4. The first kappa shape index (κ1) is 25.4. The number of hydrogen-bond donors (Lipinski definition) is 1. The molecule has 174 valence electrons. The first-order valence-electron chi connectivity index (χ1n) is 11.5. The number of benzene rings is 2. The van der Waals surface area contributed by atoms with E-state index in [2.05, 4.69) is 5.32 Å². The Morgan fingerprint density at radius 2 is 1.69 bits per heavy atom. The summed E-state index contributed by atoms with van der Waals surface area (Å²) < 4.78 is 5.78. The highest BCUT2D eigenvalue weighted by Gasteiger charge is 2.30. The lowest BCUT2D eigenvalue weighted by atomic mass is 10.0. The van der Waals surface area contributed by atoms with Crippen LogP contribution >= 0.6 is 0 Å². The molecule has 0 aliphatic carbocycles. The van der Waals surface area contributed by atoms with Crippen molar-refractivity contribution in [3.63, 3.8) is 0 Å². The van der Waals surface area contributed by atoms with Crippen LogP contribution in [0.25, 0.3) is 0 Å². The molecule has 2 aromatic carbocycles. The van der Waals surface area contributed by atoms with Crippen LogP contribution in [0, 0.1) is 13.8 Å². The predicted octanol–water partition coefficient (Wildman–Crippen LogP) is 5.18. The van der Waals surface area contributed by atoms with Crippen molar-refractivity contribution in [1.29, 1.82) is 0 Å². The van der Waals surface area contributed by atoms with Crippen LogP contribution in [0.2, 0.25) is 0 Å². The molecule has 0 bridgehead atoms. The topological polar surface area (TPSA) is 58.6 Å². The van der Waals surface area contributed by atoms with Crippen molar-refractivity contribution < 1.29 is 14.3 Å². The van der Waals surface area contributed by atoms with Crippen LogP contribution < -0.4 is 10.1 Å². The molecular weight excluding hydrogens is 400 g/mol. The minimum Gasteiger partial charge on any atom is -0.494 e. The van der Waals surface area contributed by atoms with Crippen LogP contribution in [0.3, 0.4) is 0 Å². The van der Waals surface area contributed by atoms with Crippen molar-refractivity contribution in [1.82, 2.24) is 10.2 Å². The molecular formula is C27H38N2O3. The van der Waals surface area contributed by atoms with Crippen molar-refractivity contribution in [2.24, 2.45) is 0 Å². The number of aryl methyl sites for hydroxylation is 2. The average molecular weight is 439 g/mol. The van der Waals surface area contributed by atoms with Crippen LogP contribution in [0.15, 0.2) is 48.5 Å². The molecule has 0 heterocycles. The molecule has 2 amide bonds. The number of nitrogens with one attached hydrogen (secondary N) is 1. The van der Waals surface area contributed by atoms with E-state index in [0.29, 0.717) is 32.4 Å². The number of ether oxygens (including phenoxy) is 1. The van der Waals surface area contributed by atoms with Gasteiger partial charge in [0.05, 0.1) is 6.61 Å². The van der Waals surface area contributed by atoms with E-state index in [0.717, 1.165) is 16.9 Å². The smallest absolute Gasteiger partial charge is 0.243 e. The zero-order valence-electron chi connectivity index (χ0n) is 20.4. The summed E-state index contributed by atoms with van der Waals surface area (Å²) in [6.45, 7) is 12.7. The van der Waals surface area contributed by atoms with Crippen LogP contribution in [0.1, 0.15) is 63.6 Å². The van der Waals surface area contributed by atoms with E-state index < -0.39 is 6.04 Å². The summed E-state index contributed by atoms with van der Waals surface area (Å²) in [5.41, 5.74) is 2.99. The number of amides is 2. The maximum absolute atomic E-state index is 13.3. The number of nitrogens with zero attached hydrogens (tertiary/aromatic N) is 1. The Balaban J connectivity index is 2.09. The molecule has 0 fully saturated rings. The Bertz CT molecular complexity index is 885. The Hall–Kier alpha value is -2.82. The molecule has 0 saturated carbocycles. The number of rotatable bonds is 10. The highest BCUT2D eigenvalue weighted by Crippen LogP contribution is 2.18. The molecule has 32 heavy (non-hydrogen) atoms. The summed E-state index contributed by atoms with van der Waals surface area (Å²) in [4.78, 5) is 28.0. The third-order valence-corrected chi connectivity index (χ3v) is 5.31. The van der Waals surface area contributed by atoms with Crippen LogP contribution in [0.4, 0.5) is 0 Å². The second-order valence-corrected chi connectivity index (χ2v) is 9.38. The van der Waals surface area contributed by atoms with E-state index in [-0.39, 0.29) is 17.4 Å². The second kappa shape index (κ2) is 11.7. The lowest BCUT2D eigenvalue weighted by Gasteiger charge is -2.33. The van der Waals surface area contributed by atoms with Gasteiger partial charge in [-0.1, -0.05) is 48.9 Å². The summed E-state index contributed by atoms with van der Waals surface area (Å²) in [5, 5.41) is 3.04. The lowest BCUT2D eigenvalue weighted by Crippen LogP contribution is -2.53. The maximum atomic E-state index is 13.3. The van der Waals surface area contributed by atoms with Crippen molar-refractivity contribution in [3.8, 4) is 5.75 Å². The first-order valence-corrected chi connectivity index (χ1v) is 11.5. The van der Waals surface area contributed by atoms with E-state index in [4.69, 9.17) is 4.74 Å². The number of carbonyl (C=O) groups is 2. The average Bonchev–Trinajstić information content (AvgIpc) is 2.72. The quantitative estimate of drug-likeness (QED) is 0.520. The first-order chi connectivity index (χ1) is 15.1. The third kappa shape index (κ3) is 8.03. The van der Waals surface area contributed by atoms with Gasteiger partial charge in [-0.25, -0.2) is 0 Å². The Labute approximate surface area is 193 Å². The monoisotopic (exact) mass is 438 g/mol. The molecule has 0 unspecified atom stereocenters. The van der Waals surface area contributed by atoms with Gasteiger partial charge in [-0.3, -0.25) is 9.59 Å². The minimum atomic E-state index is -0.514. The zero-order valence-corrected chi connectivity index (χ0v) is 20.4. The Morgan fingerprint density at radius 1 is 1.03 bits per heavy atom. The molecule has 1 N–H and O–H groups in total. The molecule has 2 aromatic rings. The van der Waals surface area contributed by atoms with Gasteiger partial charge in [0.15, 0.2) is 0 Å². The summed E-state index contributed by atoms with van der Waals surface area (Å²) >= 11 is 0. The van der Waals surface area contributed by atoms with Crippen LogP contribution in [-0.4, -0.2) is 34.9 Å². The molecule has 0 radical (unpaired) electrons. The lowest BCUT2D eigenvalue weighted by molar-refractivity contribution is -0.142. The van der Waals surface area contributed by atoms with Gasteiger partial charge in [0.25, 0.3) is 0 Å². The van der Waals surface area contributed by atoms with Crippen LogP contribution in [-0.2, 0) is 16.1 Å². The van der Waals surface area contributed by atoms with E-state index in [1.807, 2.05) is 90.1 Å². The van der Waals surface area contributed by atoms with Gasteiger partial charge in [-0.2, -0.15) is 0 Å². The summed E-state index contributed by atoms with van der Waals surface area (Å²) in [6.07, 6.45) is 1.48. The van der Waals surface area contributed by atoms with Crippen LogP contribution in [0.5, 0.6) is 5.75 Å². The van der Waals surface area contributed by atoms with Crippen molar-refractivity contribution in [2.75, 3.05) is 6.61 Å².